The van der Waals surface area contributed by atoms with Crippen LogP contribution in [0.2, 0.25) is 0 Å². The Hall–Kier alpha value is -2.02. The molecule has 0 saturated carbocycles. The van der Waals surface area contributed by atoms with Crippen molar-refractivity contribution < 1.29 is 19.1 Å². The molecule has 23 heavy (non-hydrogen) atoms. The highest BCUT2D eigenvalue weighted by Gasteiger charge is 2.26. The topological polar surface area (TPSA) is 75.7 Å². The van der Waals surface area contributed by atoms with Gasteiger partial charge in [0.15, 0.2) is 0 Å². The molecule has 124 valence electrons. The van der Waals surface area contributed by atoms with Crippen LogP contribution in [0.25, 0.3) is 0 Å². The minimum absolute atomic E-state index is 0.0312. The van der Waals surface area contributed by atoms with Crippen LogP contribution < -0.4 is 5.32 Å². The summed E-state index contributed by atoms with van der Waals surface area (Å²) in [4.78, 5) is 37.2. The fourth-order valence-corrected chi connectivity index (χ4v) is 3.14. The molecule has 0 aromatic heterocycles. The molecule has 0 aliphatic carbocycles. The van der Waals surface area contributed by atoms with Crippen molar-refractivity contribution in [1.82, 2.24) is 10.2 Å². The molecule has 1 heterocycles. The molecule has 0 radical (unpaired) electrons. The van der Waals surface area contributed by atoms with E-state index in [1.165, 1.54) is 16.7 Å². The molecule has 1 aromatic carbocycles. The average Bonchev–Trinajstić information content (AvgIpc) is 2.93. The second-order valence-electron chi connectivity index (χ2n) is 5.13. The Balaban J connectivity index is 1.97. The number of hydrogen-bond acceptors (Lipinski definition) is 5. The van der Waals surface area contributed by atoms with Gasteiger partial charge in [-0.25, -0.2) is 4.79 Å². The first-order chi connectivity index (χ1) is 11.1. The summed E-state index contributed by atoms with van der Waals surface area (Å²) in [6.07, 6.45) is 0.355. The predicted molar refractivity (Wildman–Crippen MR) is 87.7 cm³/mol. The van der Waals surface area contributed by atoms with Crippen molar-refractivity contribution in [2.75, 3.05) is 24.8 Å². The van der Waals surface area contributed by atoms with Crippen LogP contribution in [-0.4, -0.2) is 53.5 Å². The molecule has 1 aliphatic heterocycles. The third kappa shape index (κ3) is 5.28. The van der Waals surface area contributed by atoms with Crippen molar-refractivity contribution in [3.05, 3.63) is 35.9 Å². The van der Waals surface area contributed by atoms with Crippen molar-refractivity contribution in [2.24, 2.45) is 0 Å². The molecule has 1 atom stereocenters. The van der Waals surface area contributed by atoms with E-state index in [0.29, 0.717) is 18.1 Å². The van der Waals surface area contributed by atoms with Crippen molar-refractivity contribution >= 4 is 29.5 Å². The van der Waals surface area contributed by atoms with E-state index in [9.17, 15) is 14.4 Å². The molecule has 0 unspecified atom stereocenters. The molecule has 7 heteroatoms. The molecule has 2 rings (SSSR count). The highest BCUT2D eigenvalue weighted by Crippen LogP contribution is 2.14. The zero-order valence-electron chi connectivity index (χ0n) is 13.0. The van der Waals surface area contributed by atoms with E-state index >= 15 is 0 Å². The molecule has 1 aliphatic rings. The molecule has 2 amide bonds. The first kappa shape index (κ1) is 17.3. The van der Waals surface area contributed by atoms with E-state index in [1.807, 2.05) is 30.3 Å². The molecule has 6 nitrogen and oxygen atoms in total. The lowest BCUT2D eigenvalue weighted by atomic mass is 10.1. The Morgan fingerprint density at radius 1 is 1.35 bits per heavy atom. The van der Waals surface area contributed by atoms with Gasteiger partial charge < -0.3 is 15.0 Å². The van der Waals surface area contributed by atoms with Crippen molar-refractivity contribution in [1.29, 1.82) is 0 Å². The third-order valence-corrected chi connectivity index (χ3v) is 4.29. The number of carbonyl (C=O) groups excluding carboxylic acids is 3. The van der Waals surface area contributed by atoms with Crippen LogP contribution in [0.5, 0.6) is 0 Å². The summed E-state index contributed by atoms with van der Waals surface area (Å²) in [7, 11) is 0. The Kier molecular flexibility index (Phi) is 6.46. The highest BCUT2D eigenvalue weighted by molar-refractivity contribution is 8.00. The Bertz CT molecular complexity index is 564. The summed E-state index contributed by atoms with van der Waals surface area (Å²) >= 11 is 1.47. The number of hydrogen-bond donors (Lipinski definition) is 1. The van der Waals surface area contributed by atoms with Gasteiger partial charge in [-0.05, 0) is 12.5 Å². The number of carbonyl (C=O) groups is 3. The van der Waals surface area contributed by atoms with E-state index in [4.69, 9.17) is 4.74 Å². The maximum Gasteiger partial charge on any atom is 0.328 e. The standard InChI is InChI=1S/C16H20N2O4S/c1-2-22-16(21)13(8-12-6-4-3-5-7-12)17-14(19)9-18-11-23-10-15(18)20/h3-7,13H,2,8-11H2,1H3,(H,17,19)/t13-/m1/s1. The Morgan fingerprint density at radius 2 is 2.09 bits per heavy atom. The number of rotatable bonds is 7. The maximum atomic E-state index is 12.1. The van der Waals surface area contributed by atoms with Crippen LogP contribution in [0.3, 0.4) is 0 Å². The van der Waals surface area contributed by atoms with Gasteiger partial charge in [-0.1, -0.05) is 30.3 Å². The zero-order valence-corrected chi connectivity index (χ0v) is 13.8. The van der Waals surface area contributed by atoms with Crippen molar-refractivity contribution in [3.8, 4) is 0 Å². The Labute approximate surface area is 139 Å². The van der Waals surface area contributed by atoms with Gasteiger partial charge in [0.25, 0.3) is 0 Å². The fraction of sp³-hybridized carbons (Fsp3) is 0.438. The lowest BCUT2D eigenvalue weighted by Crippen LogP contribution is -2.47. The molecule has 1 aromatic rings. The highest BCUT2D eigenvalue weighted by atomic mass is 32.2. The van der Waals surface area contributed by atoms with Gasteiger partial charge in [0, 0.05) is 6.42 Å². The SMILES string of the molecule is CCOC(=O)[C@@H](Cc1ccccc1)NC(=O)CN1CSCC1=O. The number of amides is 2. The molecule has 0 spiro atoms. The minimum atomic E-state index is -0.754. The van der Waals surface area contributed by atoms with Gasteiger partial charge in [0.05, 0.1) is 18.2 Å². The molecule has 1 N–H and O–H groups in total. The summed E-state index contributed by atoms with van der Waals surface area (Å²) in [5, 5.41) is 2.68. The number of esters is 1. The van der Waals surface area contributed by atoms with Crippen molar-refractivity contribution in [3.63, 3.8) is 0 Å². The molecule has 1 saturated heterocycles. The van der Waals surface area contributed by atoms with Crippen LogP contribution in [0, 0.1) is 0 Å². The summed E-state index contributed by atoms with van der Waals surface area (Å²) in [5.41, 5.74) is 0.929. The first-order valence-corrected chi connectivity index (χ1v) is 8.61. The summed E-state index contributed by atoms with van der Waals surface area (Å²) in [5.74, 6) is 0.0377. The van der Waals surface area contributed by atoms with E-state index in [2.05, 4.69) is 5.32 Å². The largest absolute Gasteiger partial charge is 0.464 e. The van der Waals surface area contributed by atoms with E-state index in [0.717, 1.165) is 5.56 Å². The lowest BCUT2D eigenvalue weighted by Gasteiger charge is -2.20. The monoisotopic (exact) mass is 336 g/mol. The zero-order chi connectivity index (χ0) is 16.7. The average molecular weight is 336 g/mol. The van der Waals surface area contributed by atoms with Crippen LogP contribution in [-0.2, 0) is 25.5 Å². The van der Waals surface area contributed by atoms with Gasteiger partial charge in [-0.2, -0.15) is 0 Å². The van der Waals surface area contributed by atoms with Gasteiger partial charge in [-0.15, -0.1) is 11.8 Å². The number of ether oxygens (including phenoxy) is 1. The Morgan fingerprint density at radius 3 is 2.70 bits per heavy atom. The van der Waals surface area contributed by atoms with Gasteiger partial charge in [0.2, 0.25) is 11.8 Å². The third-order valence-electron chi connectivity index (χ3n) is 3.35. The summed E-state index contributed by atoms with van der Waals surface area (Å²) < 4.78 is 5.03. The molecule has 1 fully saturated rings. The van der Waals surface area contributed by atoms with Crippen LogP contribution >= 0.6 is 11.8 Å². The summed E-state index contributed by atoms with van der Waals surface area (Å²) in [6.45, 7) is 1.94. The second kappa shape index (κ2) is 8.57. The maximum absolute atomic E-state index is 12.1. The van der Waals surface area contributed by atoms with Gasteiger partial charge in [0.1, 0.15) is 12.6 Å². The quantitative estimate of drug-likeness (QED) is 0.746. The number of nitrogens with one attached hydrogen (secondary N) is 1. The normalized spacial score (nSPS) is 15.3. The van der Waals surface area contributed by atoms with Crippen LogP contribution in [0.15, 0.2) is 30.3 Å². The van der Waals surface area contributed by atoms with Crippen LogP contribution in [0.4, 0.5) is 0 Å². The summed E-state index contributed by atoms with van der Waals surface area (Å²) in [6, 6.07) is 8.66. The minimum Gasteiger partial charge on any atom is -0.464 e. The molecular formula is C16H20N2O4S. The lowest BCUT2D eigenvalue weighted by molar-refractivity contribution is -0.147. The van der Waals surface area contributed by atoms with Gasteiger partial charge >= 0.3 is 5.97 Å². The number of benzene rings is 1. The van der Waals surface area contributed by atoms with E-state index < -0.39 is 12.0 Å². The van der Waals surface area contributed by atoms with Crippen molar-refractivity contribution in [2.45, 2.75) is 19.4 Å². The number of nitrogens with zero attached hydrogens (tertiary/aromatic N) is 1. The first-order valence-electron chi connectivity index (χ1n) is 7.45. The molecular weight excluding hydrogens is 316 g/mol. The predicted octanol–water partition coefficient (Wildman–Crippen LogP) is 0.810. The smallest absolute Gasteiger partial charge is 0.328 e. The van der Waals surface area contributed by atoms with E-state index in [1.54, 1.807) is 6.92 Å². The van der Waals surface area contributed by atoms with E-state index in [-0.39, 0.29) is 25.0 Å². The number of thioether (sulfide) groups is 1. The fourth-order valence-electron chi connectivity index (χ4n) is 2.24. The van der Waals surface area contributed by atoms with Crippen LogP contribution in [0.1, 0.15) is 12.5 Å². The molecule has 0 bridgehead atoms. The van der Waals surface area contributed by atoms with Gasteiger partial charge in [-0.3, -0.25) is 9.59 Å². The second-order valence-corrected chi connectivity index (χ2v) is 6.09.